The first-order valence-electron chi connectivity index (χ1n) is 9.59. The number of aryl methyl sites for hydroxylation is 1. The Morgan fingerprint density at radius 1 is 1.24 bits per heavy atom. The molecule has 1 aromatic carbocycles. The van der Waals surface area contributed by atoms with Gasteiger partial charge in [-0.25, -0.2) is 14.6 Å². The maximum atomic E-state index is 11.8. The smallest absolute Gasteiger partial charge is 0.409 e. The largest absolute Gasteiger partial charge is 0.478 e. The third-order valence-corrected chi connectivity index (χ3v) is 4.63. The molecule has 29 heavy (non-hydrogen) atoms. The first-order chi connectivity index (χ1) is 14.0. The first kappa shape index (κ1) is 20.4. The van der Waals surface area contributed by atoms with Crippen LogP contribution in [0.15, 0.2) is 30.3 Å². The quantitative estimate of drug-likeness (QED) is 0.678. The standard InChI is InChI=1S/C20H25N5O4/c1-3-29-20(28)25-10-8-14(9-11-25)22-19-21-13(2)12-17(24-19)23-16-7-5-4-6-15(16)18(26)27/h4-7,12,14H,3,8-11H2,1-2H3,(H,26,27)(H2,21,22,23,24). The van der Waals surface area contributed by atoms with Gasteiger partial charge in [-0.15, -0.1) is 0 Å². The van der Waals surface area contributed by atoms with Gasteiger partial charge in [0.25, 0.3) is 0 Å². The molecule has 1 saturated heterocycles. The number of nitrogens with one attached hydrogen (secondary N) is 2. The third kappa shape index (κ3) is 5.34. The molecule has 2 heterocycles. The molecule has 1 amide bonds. The van der Waals surface area contributed by atoms with Gasteiger partial charge in [0, 0.05) is 30.9 Å². The van der Waals surface area contributed by atoms with Crippen molar-refractivity contribution in [3.05, 3.63) is 41.6 Å². The van der Waals surface area contributed by atoms with Crippen LogP contribution in [0.1, 0.15) is 35.8 Å². The number of carboxylic acids is 1. The molecule has 0 atom stereocenters. The number of anilines is 3. The highest BCUT2D eigenvalue weighted by molar-refractivity contribution is 5.95. The van der Waals surface area contributed by atoms with Crippen LogP contribution in [-0.2, 0) is 4.74 Å². The molecule has 1 aliphatic heterocycles. The van der Waals surface area contributed by atoms with Crippen LogP contribution < -0.4 is 10.6 Å². The predicted molar refractivity (Wildman–Crippen MR) is 109 cm³/mol. The van der Waals surface area contributed by atoms with E-state index in [0.717, 1.165) is 18.5 Å². The molecule has 154 valence electrons. The number of nitrogens with zero attached hydrogens (tertiary/aromatic N) is 3. The number of amides is 1. The average Bonchev–Trinajstić information content (AvgIpc) is 2.68. The van der Waals surface area contributed by atoms with Gasteiger partial charge in [0.1, 0.15) is 5.82 Å². The van der Waals surface area contributed by atoms with Crippen LogP contribution in [-0.4, -0.2) is 57.8 Å². The summed E-state index contributed by atoms with van der Waals surface area (Å²) in [7, 11) is 0. The fourth-order valence-electron chi connectivity index (χ4n) is 3.22. The van der Waals surface area contributed by atoms with Crippen molar-refractivity contribution in [3.63, 3.8) is 0 Å². The number of carbonyl (C=O) groups excluding carboxylic acids is 1. The van der Waals surface area contributed by atoms with Crippen molar-refractivity contribution in [2.24, 2.45) is 0 Å². The Bertz CT molecular complexity index is 881. The summed E-state index contributed by atoms with van der Waals surface area (Å²) >= 11 is 0. The minimum atomic E-state index is -1.01. The number of rotatable bonds is 6. The SMILES string of the molecule is CCOC(=O)N1CCC(Nc2nc(C)cc(Nc3ccccc3C(=O)O)n2)CC1. The van der Waals surface area contributed by atoms with Crippen molar-refractivity contribution in [3.8, 4) is 0 Å². The van der Waals surface area contributed by atoms with Gasteiger partial charge in [-0.1, -0.05) is 12.1 Å². The van der Waals surface area contributed by atoms with Crippen molar-refractivity contribution < 1.29 is 19.4 Å². The zero-order valence-corrected chi connectivity index (χ0v) is 16.5. The number of carboxylic acid groups (broad SMARTS) is 1. The molecule has 3 N–H and O–H groups in total. The maximum absolute atomic E-state index is 11.8. The van der Waals surface area contributed by atoms with E-state index in [0.29, 0.717) is 37.1 Å². The molecule has 9 heteroatoms. The monoisotopic (exact) mass is 399 g/mol. The summed E-state index contributed by atoms with van der Waals surface area (Å²) in [5.41, 5.74) is 1.39. The molecule has 9 nitrogen and oxygen atoms in total. The lowest BCUT2D eigenvalue weighted by Crippen LogP contribution is -2.42. The summed E-state index contributed by atoms with van der Waals surface area (Å²) in [6.45, 7) is 5.24. The van der Waals surface area contributed by atoms with E-state index in [4.69, 9.17) is 4.74 Å². The van der Waals surface area contributed by atoms with Crippen LogP contribution in [0.3, 0.4) is 0 Å². The summed E-state index contributed by atoms with van der Waals surface area (Å²) in [4.78, 5) is 33.8. The van der Waals surface area contributed by atoms with Gasteiger partial charge >= 0.3 is 12.1 Å². The van der Waals surface area contributed by atoms with E-state index in [9.17, 15) is 14.7 Å². The molecule has 1 aliphatic rings. The summed E-state index contributed by atoms with van der Waals surface area (Å²) in [6.07, 6.45) is 1.25. The van der Waals surface area contributed by atoms with Gasteiger partial charge in [-0.05, 0) is 38.8 Å². The third-order valence-electron chi connectivity index (χ3n) is 4.63. The number of benzene rings is 1. The number of aromatic carboxylic acids is 1. The van der Waals surface area contributed by atoms with Gasteiger partial charge in [0.15, 0.2) is 0 Å². The Hall–Kier alpha value is -3.36. The summed E-state index contributed by atoms with van der Waals surface area (Å²) in [5.74, 6) is -0.0295. The van der Waals surface area contributed by atoms with Crippen molar-refractivity contribution in [1.29, 1.82) is 0 Å². The van der Waals surface area contributed by atoms with E-state index in [1.807, 2.05) is 6.92 Å². The van der Waals surface area contributed by atoms with E-state index >= 15 is 0 Å². The van der Waals surface area contributed by atoms with Gasteiger partial charge in [0.05, 0.1) is 17.9 Å². The molecule has 2 aromatic rings. The predicted octanol–water partition coefficient (Wildman–Crippen LogP) is 3.26. The molecule has 1 aromatic heterocycles. The maximum Gasteiger partial charge on any atom is 0.409 e. The minimum absolute atomic E-state index is 0.140. The fraction of sp³-hybridized carbons (Fsp3) is 0.400. The van der Waals surface area contributed by atoms with Crippen molar-refractivity contribution in [2.75, 3.05) is 30.3 Å². The number of aromatic nitrogens is 2. The molecule has 3 rings (SSSR count). The van der Waals surface area contributed by atoms with E-state index < -0.39 is 5.97 Å². The highest BCUT2D eigenvalue weighted by Gasteiger charge is 2.24. The molecule has 0 aliphatic carbocycles. The van der Waals surface area contributed by atoms with E-state index in [1.54, 1.807) is 36.1 Å². The molecule has 0 spiro atoms. The minimum Gasteiger partial charge on any atom is -0.478 e. The van der Waals surface area contributed by atoms with Crippen LogP contribution in [0.25, 0.3) is 0 Å². The molecular formula is C20H25N5O4. The van der Waals surface area contributed by atoms with E-state index in [1.165, 1.54) is 6.07 Å². The lowest BCUT2D eigenvalue weighted by atomic mass is 10.1. The van der Waals surface area contributed by atoms with Gasteiger partial charge < -0.3 is 25.4 Å². The number of likely N-dealkylation sites (tertiary alicyclic amines) is 1. The first-order valence-corrected chi connectivity index (χ1v) is 9.59. The second-order valence-corrected chi connectivity index (χ2v) is 6.80. The molecule has 0 bridgehead atoms. The van der Waals surface area contributed by atoms with Crippen molar-refractivity contribution in [1.82, 2.24) is 14.9 Å². The Labute approximate surface area is 169 Å². The second kappa shape index (κ2) is 9.22. The number of carbonyl (C=O) groups is 2. The topological polar surface area (TPSA) is 117 Å². The highest BCUT2D eigenvalue weighted by Crippen LogP contribution is 2.22. The van der Waals surface area contributed by atoms with Gasteiger partial charge in [-0.3, -0.25) is 0 Å². The second-order valence-electron chi connectivity index (χ2n) is 6.80. The summed E-state index contributed by atoms with van der Waals surface area (Å²) < 4.78 is 5.04. The fourth-order valence-corrected chi connectivity index (χ4v) is 3.22. The zero-order valence-electron chi connectivity index (χ0n) is 16.5. The van der Waals surface area contributed by atoms with Gasteiger partial charge in [-0.2, -0.15) is 4.98 Å². The molecular weight excluding hydrogens is 374 g/mol. The summed E-state index contributed by atoms with van der Waals surface area (Å²) in [5, 5.41) is 15.7. The van der Waals surface area contributed by atoms with E-state index in [-0.39, 0.29) is 17.7 Å². The number of para-hydroxylation sites is 1. The normalized spacial score (nSPS) is 14.3. The molecule has 1 fully saturated rings. The van der Waals surface area contributed by atoms with E-state index in [2.05, 4.69) is 20.6 Å². The van der Waals surface area contributed by atoms with Crippen LogP contribution in [0, 0.1) is 6.92 Å². The average molecular weight is 399 g/mol. The van der Waals surface area contributed by atoms with Gasteiger partial charge in [0.2, 0.25) is 5.95 Å². The Balaban J connectivity index is 1.66. The Morgan fingerprint density at radius 3 is 2.66 bits per heavy atom. The number of hydrogen-bond acceptors (Lipinski definition) is 7. The van der Waals surface area contributed by atoms with Crippen LogP contribution in [0.4, 0.5) is 22.2 Å². The molecule has 0 saturated carbocycles. The van der Waals surface area contributed by atoms with Crippen LogP contribution in [0.5, 0.6) is 0 Å². The van der Waals surface area contributed by atoms with Crippen LogP contribution >= 0.6 is 0 Å². The number of piperidine rings is 1. The zero-order chi connectivity index (χ0) is 20.8. The van der Waals surface area contributed by atoms with Crippen molar-refractivity contribution >= 4 is 29.5 Å². The Morgan fingerprint density at radius 2 is 1.97 bits per heavy atom. The Kier molecular flexibility index (Phi) is 6.48. The molecule has 0 unspecified atom stereocenters. The highest BCUT2D eigenvalue weighted by atomic mass is 16.6. The lowest BCUT2D eigenvalue weighted by Gasteiger charge is -2.31. The summed E-state index contributed by atoms with van der Waals surface area (Å²) in [6, 6.07) is 8.57. The molecule has 0 radical (unpaired) electrons. The lowest BCUT2D eigenvalue weighted by molar-refractivity contribution is 0.0697. The number of ether oxygens (including phenoxy) is 1. The van der Waals surface area contributed by atoms with Crippen LogP contribution in [0.2, 0.25) is 0 Å². The van der Waals surface area contributed by atoms with Crippen molar-refractivity contribution in [2.45, 2.75) is 32.7 Å². The number of hydrogen-bond donors (Lipinski definition) is 3.